The predicted molar refractivity (Wildman–Crippen MR) is 99.5 cm³/mol. The number of rotatable bonds is 6. The first-order chi connectivity index (χ1) is 13.1. The fourth-order valence-electron chi connectivity index (χ4n) is 3.00. The molecule has 27 heavy (non-hydrogen) atoms. The second-order valence-corrected chi connectivity index (χ2v) is 6.43. The number of pyridine rings is 1. The summed E-state index contributed by atoms with van der Waals surface area (Å²) in [6, 6.07) is 14.1. The Morgan fingerprint density at radius 1 is 1.11 bits per heavy atom. The van der Waals surface area contributed by atoms with Crippen LogP contribution in [0.2, 0.25) is 0 Å². The topological polar surface area (TPSA) is 91.4 Å². The summed E-state index contributed by atoms with van der Waals surface area (Å²) in [5.74, 6) is -0.579. The number of urea groups is 1. The highest BCUT2D eigenvalue weighted by Crippen LogP contribution is 2.11. The van der Waals surface area contributed by atoms with Gasteiger partial charge in [0.1, 0.15) is 6.04 Å². The zero-order valence-corrected chi connectivity index (χ0v) is 14.9. The van der Waals surface area contributed by atoms with Crippen molar-refractivity contribution in [3.05, 3.63) is 66.0 Å². The van der Waals surface area contributed by atoms with Gasteiger partial charge in [-0.2, -0.15) is 0 Å². The molecule has 0 aliphatic carbocycles. The molecule has 7 heteroatoms. The molecule has 1 saturated heterocycles. The summed E-state index contributed by atoms with van der Waals surface area (Å²) >= 11 is 0. The van der Waals surface area contributed by atoms with Gasteiger partial charge >= 0.3 is 6.03 Å². The standard InChI is InChI=1S/C20H22N4O3/c25-18-10-9-17(22-20(27)23-18)19(26)24(14-16-8-4-5-12-21-16)13-11-15-6-2-1-3-7-15/h1-8,12,17H,9-11,13-14H2,(H2,22,23,25,27)/t17-/m0/s1. The van der Waals surface area contributed by atoms with Crippen molar-refractivity contribution in [2.45, 2.75) is 31.8 Å². The first kappa shape index (κ1) is 18.6. The molecule has 7 nitrogen and oxygen atoms in total. The molecule has 1 fully saturated rings. The van der Waals surface area contributed by atoms with Gasteiger partial charge in [-0.25, -0.2) is 4.79 Å². The summed E-state index contributed by atoms with van der Waals surface area (Å²) in [5.41, 5.74) is 1.89. The number of amides is 4. The third kappa shape index (κ3) is 5.37. The quantitative estimate of drug-likeness (QED) is 0.813. The maximum absolute atomic E-state index is 13.1. The van der Waals surface area contributed by atoms with Gasteiger partial charge in [-0.3, -0.25) is 19.9 Å². The maximum atomic E-state index is 13.1. The second-order valence-electron chi connectivity index (χ2n) is 6.43. The minimum absolute atomic E-state index is 0.130. The van der Waals surface area contributed by atoms with Crippen LogP contribution in [0.25, 0.3) is 0 Å². The number of nitrogens with one attached hydrogen (secondary N) is 2. The molecule has 0 unspecified atom stereocenters. The monoisotopic (exact) mass is 366 g/mol. The Bertz CT molecular complexity index is 795. The van der Waals surface area contributed by atoms with Gasteiger partial charge in [-0.05, 0) is 30.5 Å². The van der Waals surface area contributed by atoms with E-state index in [9.17, 15) is 14.4 Å². The summed E-state index contributed by atoms with van der Waals surface area (Å²) in [6.07, 6.45) is 2.79. The van der Waals surface area contributed by atoms with Gasteiger partial charge in [-0.15, -0.1) is 0 Å². The molecule has 1 aliphatic rings. The van der Waals surface area contributed by atoms with Gasteiger partial charge in [0.2, 0.25) is 11.8 Å². The summed E-state index contributed by atoms with van der Waals surface area (Å²) < 4.78 is 0. The lowest BCUT2D eigenvalue weighted by Crippen LogP contribution is -2.50. The highest BCUT2D eigenvalue weighted by molar-refractivity contribution is 5.98. The molecule has 3 rings (SSSR count). The van der Waals surface area contributed by atoms with Gasteiger partial charge in [0.15, 0.2) is 0 Å². The molecule has 1 aromatic carbocycles. The molecular weight excluding hydrogens is 344 g/mol. The second kappa shape index (κ2) is 8.93. The van der Waals surface area contributed by atoms with Gasteiger partial charge in [0.05, 0.1) is 12.2 Å². The number of carbonyl (C=O) groups excluding carboxylic acids is 3. The van der Waals surface area contributed by atoms with E-state index in [-0.39, 0.29) is 24.7 Å². The first-order valence-electron chi connectivity index (χ1n) is 8.95. The van der Waals surface area contributed by atoms with Gasteiger partial charge in [-0.1, -0.05) is 36.4 Å². The summed E-state index contributed by atoms with van der Waals surface area (Å²) in [4.78, 5) is 42.3. The van der Waals surface area contributed by atoms with E-state index in [1.807, 2.05) is 48.5 Å². The van der Waals surface area contributed by atoms with Crippen LogP contribution in [0.15, 0.2) is 54.7 Å². The Kier molecular flexibility index (Phi) is 6.14. The SMILES string of the molecule is O=C1CC[C@@H](C(=O)N(CCc2ccccc2)Cc2ccccn2)NC(=O)N1. The molecule has 4 amide bonds. The largest absolute Gasteiger partial charge is 0.335 e. The number of imide groups is 1. The Hall–Kier alpha value is -3.22. The first-order valence-corrected chi connectivity index (χ1v) is 8.95. The Morgan fingerprint density at radius 2 is 1.89 bits per heavy atom. The normalized spacial score (nSPS) is 16.8. The van der Waals surface area contributed by atoms with Crippen molar-refractivity contribution in [2.75, 3.05) is 6.54 Å². The molecule has 140 valence electrons. The molecule has 1 aliphatic heterocycles. The maximum Gasteiger partial charge on any atom is 0.322 e. The lowest BCUT2D eigenvalue weighted by atomic mass is 10.1. The van der Waals surface area contributed by atoms with Crippen molar-refractivity contribution in [1.82, 2.24) is 20.5 Å². The average Bonchev–Trinajstić information content (AvgIpc) is 2.86. The minimum atomic E-state index is -0.726. The van der Waals surface area contributed by atoms with E-state index < -0.39 is 12.1 Å². The Balaban J connectivity index is 1.74. The Labute approximate surface area is 157 Å². The van der Waals surface area contributed by atoms with E-state index in [1.54, 1.807) is 11.1 Å². The third-order valence-electron chi connectivity index (χ3n) is 4.42. The number of benzene rings is 1. The van der Waals surface area contributed by atoms with Crippen molar-refractivity contribution in [3.8, 4) is 0 Å². The average molecular weight is 366 g/mol. The van der Waals surface area contributed by atoms with Gasteiger partial charge in [0, 0.05) is 19.2 Å². The van der Waals surface area contributed by atoms with E-state index in [1.165, 1.54) is 0 Å². The van der Waals surface area contributed by atoms with E-state index >= 15 is 0 Å². The van der Waals surface area contributed by atoms with E-state index in [4.69, 9.17) is 0 Å². The molecule has 2 aromatic rings. The highest BCUT2D eigenvalue weighted by Gasteiger charge is 2.29. The molecular formula is C20H22N4O3. The van der Waals surface area contributed by atoms with Crippen molar-refractivity contribution >= 4 is 17.8 Å². The van der Waals surface area contributed by atoms with Crippen LogP contribution in [0.4, 0.5) is 4.79 Å². The highest BCUT2D eigenvalue weighted by atomic mass is 16.2. The molecule has 2 heterocycles. The third-order valence-corrected chi connectivity index (χ3v) is 4.42. The zero-order chi connectivity index (χ0) is 19.1. The molecule has 0 radical (unpaired) electrons. The van der Waals surface area contributed by atoms with Crippen LogP contribution in [-0.4, -0.2) is 40.3 Å². The number of aromatic nitrogens is 1. The number of hydrogen-bond acceptors (Lipinski definition) is 4. The Morgan fingerprint density at radius 3 is 2.63 bits per heavy atom. The lowest BCUT2D eigenvalue weighted by molar-refractivity contribution is -0.134. The predicted octanol–water partition coefficient (Wildman–Crippen LogP) is 1.64. The summed E-state index contributed by atoms with van der Waals surface area (Å²) in [7, 11) is 0. The molecule has 1 atom stereocenters. The van der Waals surface area contributed by atoms with Crippen LogP contribution in [0.3, 0.4) is 0 Å². The molecule has 0 spiro atoms. The van der Waals surface area contributed by atoms with Crippen LogP contribution in [0, 0.1) is 0 Å². The fourth-order valence-corrected chi connectivity index (χ4v) is 3.00. The molecule has 0 saturated carbocycles. The van der Waals surface area contributed by atoms with Crippen molar-refractivity contribution in [3.63, 3.8) is 0 Å². The molecule has 2 N–H and O–H groups in total. The number of carbonyl (C=O) groups is 3. The van der Waals surface area contributed by atoms with Crippen LogP contribution in [0.1, 0.15) is 24.1 Å². The summed E-state index contributed by atoms with van der Waals surface area (Å²) in [5, 5.41) is 4.79. The van der Waals surface area contributed by atoms with E-state index in [2.05, 4.69) is 15.6 Å². The van der Waals surface area contributed by atoms with E-state index in [0.29, 0.717) is 19.5 Å². The lowest BCUT2D eigenvalue weighted by Gasteiger charge is -2.27. The zero-order valence-electron chi connectivity index (χ0n) is 14.9. The smallest absolute Gasteiger partial charge is 0.322 e. The minimum Gasteiger partial charge on any atom is -0.335 e. The van der Waals surface area contributed by atoms with Gasteiger partial charge < -0.3 is 10.2 Å². The summed E-state index contributed by atoms with van der Waals surface area (Å²) in [6.45, 7) is 0.841. The molecule has 0 bridgehead atoms. The molecule has 1 aromatic heterocycles. The fraction of sp³-hybridized carbons (Fsp3) is 0.300. The van der Waals surface area contributed by atoms with Crippen LogP contribution in [-0.2, 0) is 22.6 Å². The van der Waals surface area contributed by atoms with Crippen molar-refractivity contribution in [1.29, 1.82) is 0 Å². The number of nitrogens with zero attached hydrogens (tertiary/aromatic N) is 2. The van der Waals surface area contributed by atoms with Gasteiger partial charge in [0.25, 0.3) is 0 Å². The van der Waals surface area contributed by atoms with Crippen LogP contribution in [0.5, 0.6) is 0 Å². The van der Waals surface area contributed by atoms with Crippen molar-refractivity contribution < 1.29 is 14.4 Å². The van der Waals surface area contributed by atoms with Crippen molar-refractivity contribution in [2.24, 2.45) is 0 Å². The van der Waals surface area contributed by atoms with Crippen LogP contribution >= 0.6 is 0 Å². The van der Waals surface area contributed by atoms with E-state index in [0.717, 1.165) is 11.3 Å². The number of hydrogen-bond donors (Lipinski definition) is 2. The van der Waals surface area contributed by atoms with Crippen LogP contribution < -0.4 is 10.6 Å².